The molecule has 1 fully saturated rings. The number of benzene rings is 1. The number of carbonyl (C=O) groups is 1. The van der Waals surface area contributed by atoms with Crippen LogP contribution in [0.1, 0.15) is 23.2 Å². The maximum absolute atomic E-state index is 12.5. The van der Waals surface area contributed by atoms with E-state index in [1.807, 2.05) is 24.3 Å². The lowest BCUT2D eigenvalue weighted by atomic mass is 9.89. The van der Waals surface area contributed by atoms with Crippen LogP contribution in [0, 0.1) is 0 Å². The van der Waals surface area contributed by atoms with E-state index in [9.17, 15) is 4.79 Å². The molecule has 0 unspecified atom stereocenters. The largest absolute Gasteiger partial charge is 0.306 e. The molecule has 0 aliphatic carbocycles. The molecule has 1 aliphatic heterocycles. The van der Waals surface area contributed by atoms with Gasteiger partial charge in [0.2, 0.25) is 0 Å². The summed E-state index contributed by atoms with van der Waals surface area (Å²) in [6.07, 6.45) is 1.75. The van der Waals surface area contributed by atoms with E-state index in [0.717, 1.165) is 36.0 Å². The summed E-state index contributed by atoms with van der Waals surface area (Å²) >= 11 is 7.04. The number of halogens is 2. The van der Waals surface area contributed by atoms with Gasteiger partial charge in [0.15, 0.2) is 5.78 Å². The average molecular weight is 361 g/mol. The van der Waals surface area contributed by atoms with Crippen molar-refractivity contribution < 1.29 is 4.79 Å². The molecule has 92 valence electrons. The Hall–Kier alpha value is -0.190. The predicted octanol–water partition coefficient (Wildman–Crippen LogP) is 3.49. The summed E-state index contributed by atoms with van der Waals surface area (Å²) in [4.78, 5) is 14.7. The lowest BCUT2D eigenvalue weighted by Crippen LogP contribution is -2.43. The van der Waals surface area contributed by atoms with Crippen molar-refractivity contribution in [3.63, 3.8) is 0 Å². The molecule has 4 heteroatoms. The van der Waals surface area contributed by atoms with Gasteiger partial charge in [0.1, 0.15) is 0 Å². The standard InChI is InChI=1S/C13H15Br2NO/c1-16-8-6-13(15,7-9-16)12(17)10-2-4-11(14)5-3-10/h2-5H,6-9H2,1H3. The van der Waals surface area contributed by atoms with E-state index in [4.69, 9.17) is 0 Å². The molecule has 17 heavy (non-hydrogen) atoms. The molecule has 0 radical (unpaired) electrons. The maximum Gasteiger partial charge on any atom is 0.179 e. The van der Waals surface area contributed by atoms with Crippen molar-refractivity contribution >= 4 is 37.6 Å². The van der Waals surface area contributed by atoms with Gasteiger partial charge in [-0.05, 0) is 45.1 Å². The Kier molecular flexibility index (Phi) is 4.06. The van der Waals surface area contributed by atoms with Gasteiger partial charge in [-0.3, -0.25) is 4.79 Å². The average Bonchev–Trinajstić information content (AvgIpc) is 2.33. The first-order valence-electron chi connectivity index (χ1n) is 5.69. The number of nitrogens with zero attached hydrogens (tertiary/aromatic N) is 1. The minimum absolute atomic E-state index is 0.207. The Bertz CT molecular complexity index is 408. The highest BCUT2D eigenvalue weighted by atomic mass is 79.9. The quantitative estimate of drug-likeness (QED) is 0.594. The van der Waals surface area contributed by atoms with E-state index >= 15 is 0 Å². The number of Topliss-reactive ketones (excluding diaryl/α,β-unsaturated/α-hetero) is 1. The molecule has 0 amide bonds. The Morgan fingerprint density at radius 3 is 2.29 bits per heavy atom. The van der Waals surface area contributed by atoms with Gasteiger partial charge in [-0.25, -0.2) is 0 Å². The van der Waals surface area contributed by atoms with Crippen molar-refractivity contribution in [2.45, 2.75) is 17.2 Å². The Morgan fingerprint density at radius 2 is 1.76 bits per heavy atom. The minimum atomic E-state index is -0.368. The summed E-state index contributed by atoms with van der Waals surface area (Å²) in [7, 11) is 2.09. The van der Waals surface area contributed by atoms with Crippen molar-refractivity contribution in [3.8, 4) is 0 Å². The molecule has 0 N–H and O–H groups in total. The monoisotopic (exact) mass is 359 g/mol. The topological polar surface area (TPSA) is 20.3 Å². The van der Waals surface area contributed by atoms with Gasteiger partial charge in [0.25, 0.3) is 0 Å². The molecule has 2 rings (SSSR count). The van der Waals surface area contributed by atoms with E-state index in [1.54, 1.807) is 0 Å². The Balaban J connectivity index is 2.16. The highest BCUT2D eigenvalue weighted by Crippen LogP contribution is 2.34. The first-order valence-corrected chi connectivity index (χ1v) is 7.28. The molecule has 1 saturated heterocycles. The van der Waals surface area contributed by atoms with Crippen LogP contribution in [0.15, 0.2) is 28.7 Å². The first kappa shape index (κ1) is 13.2. The summed E-state index contributed by atoms with van der Waals surface area (Å²) in [5.74, 6) is 0.207. The van der Waals surface area contributed by atoms with Gasteiger partial charge >= 0.3 is 0 Å². The zero-order valence-corrected chi connectivity index (χ0v) is 12.9. The lowest BCUT2D eigenvalue weighted by molar-refractivity contribution is 0.0899. The zero-order chi connectivity index (χ0) is 12.5. The summed E-state index contributed by atoms with van der Waals surface area (Å²) in [6, 6.07) is 7.60. The smallest absolute Gasteiger partial charge is 0.179 e. The molecular formula is C13H15Br2NO. The molecule has 0 saturated carbocycles. The van der Waals surface area contributed by atoms with Gasteiger partial charge in [-0.1, -0.05) is 44.0 Å². The van der Waals surface area contributed by atoms with Crippen LogP contribution in [-0.2, 0) is 0 Å². The molecule has 0 bridgehead atoms. The number of alkyl halides is 1. The molecule has 1 aromatic rings. The van der Waals surface area contributed by atoms with Gasteiger partial charge in [-0.2, -0.15) is 0 Å². The van der Waals surface area contributed by atoms with Crippen molar-refractivity contribution in [1.82, 2.24) is 4.90 Å². The van der Waals surface area contributed by atoms with Crippen LogP contribution in [0.25, 0.3) is 0 Å². The first-order chi connectivity index (χ1) is 8.01. The SMILES string of the molecule is CN1CCC(Br)(C(=O)c2ccc(Br)cc2)CC1. The molecule has 0 spiro atoms. The second-order valence-corrected chi connectivity index (χ2v) is 7.04. The van der Waals surface area contributed by atoms with Gasteiger partial charge in [-0.15, -0.1) is 0 Å². The van der Waals surface area contributed by atoms with Crippen LogP contribution in [-0.4, -0.2) is 35.1 Å². The van der Waals surface area contributed by atoms with Crippen molar-refractivity contribution in [2.24, 2.45) is 0 Å². The number of rotatable bonds is 2. The highest BCUT2D eigenvalue weighted by molar-refractivity contribution is 9.10. The number of hydrogen-bond donors (Lipinski definition) is 0. The zero-order valence-electron chi connectivity index (χ0n) is 9.75. The van der Waals surface area contributed by atoms with Gasteiger partial charge in [0.05, 0.1) is 4.32 Å². The van der Waals surface area contributed by atoms with Gasteiger partial charge < -0.3 is 4.90 Å². The highest BCUT2D eigenvalue weighted by Gasteiger charge is 2.38. The maximum atomic E-state index is 12.5. The molecular weight excluding hydrogens is 346 g/mol. The molecule has 1 aliphatic rings. The fourth-order valence-corrected chi connectivity index (χ4v) is 2.91. The second-order valence-electron chi connectivity index (χ2n) is 4.60. The predicted molar refractivity (Wildman–Crippen MR) is 76.9 cm³/mol. The van der Waals surface area contributed by atoms with Crippen molar-refractivity contribution in [2.75, 3.05) is 20.1 Å². The van der Waals surface area contributed by atoms with Crippen molar-refractivity contribution in [3.05, 3.63) is 34.3 Å². The summed E-state index contributed by atoms with van der Waals surface area (Å²) in [5.41, 5.74) is 0.787. The Labute approximate surface area is 119 Å². The van der Waals surface area contributed by atoms with Crippen LogP contribution in [0.3, 0.4) is 0 Å². The number of hydrogen-bond acceptors (Lipinski definition) is 2. The second kappa shape index (κ2) is 5.21. The Morgan fingerprint density at radius 1 is 1.24 bits per heavy atom. The fourth-order valence-electron chi connectivity index (χ4n) is 2.06. The number of ketones is 1. The van der Waals surface area contributed by atoms with E-state index in [-0.39, 0.29) is 10.1 Å². The van der Waals surface area contributed by atoms with Crippen LogP contribution in [0.4, 0.5) is 0 Å². The summed E-state index contributed by atoms with van der Waals surface area (Å²) < 4.78 is 0.633. The van der Waals surface area contributed by atoms with E-state index in [1.165, 1.54) is 0 Å². The van der Waals surface area contributed by atoms with Crippen LogP contribution < -0.4 is 0 Å². The van der Waals surface area contributed by atoms with Crippen LogP contribution in [0.2, 0.25) is 0 Å². The molecule has 0 atom stereocenters. The van der Waals surface area contributed by atoms with E-state index < -0.39 is 0 Å². The normalized spacial score (nSPS) is 20.2. The third-order valence-corrected chi connectivity index (χ3v) is 4.97. The number of likely N-dealkylation sites (tertiary alicyclic amines) is 1. The molecule has 1 heterocycles. The third-order valence-electron chi connectivity index (χ3n) is 3.29. The van der Waals surface area contributed by atoms with Gasteiger partial charge in [0, 0.05) is 10.0 Å². The molecule has 1 aromatic carbocycles. The number of carbonyl (C=O) groups excluding carboxylic acids is 1. The number of piperidine rings is 1. The summed E-state index contributed by atoms with van der Waals surface area (Å²) in [5, 5.41) is 0. The van der Waals surface area contributed by atoms with Crippen molar-refractivity contribution in [1.29, 1.82) is 0 Å². The molecule has 2 nitrogen and oxygen atoms in total. The third kappa shape index (κ3) is 2.98. The van der Waals surface area contributed by atoms with Crippen LogP contribution >= 0.6 is 31.9 Å². The van der Waals surface area contributed by atoms with E-state index in [2.05, 4.69) is 43.8 Å². The lowest BCUT2D eigenvalue weighted by Gasteiger charge is -2.35. The summed E-state index contributed by atoms with van der Waals surface area (Å²) in [6.45, 7) is 1.93. The van der Waals surface area contributed by atoms with Crippen LogP contribution in [0.5, 0.6) is 0 Å². The van der Waals surface area contributed by atoms with E-state index in [0.29, 0.717) is 0 Å². The fraction of sp³-hybridized carbons (Fsp3) is 0.462. The molecule has 0 aromatic heterocycles. The minimum Gasteiger partial charge on any atom is -0.306 e.